The average molecular weight is 248 g/mol. The predicted octanol–water partition coefficient (Wildman–Crippen LogP) is 1.53. The van der Waals surface area contributed by atoms with Gasteiger partial charge >= 0.3 is 11.9 Å². The topological polar surface area (TPSA) is 82.1 Å². The van der Waals surface area contributed by atoms with Crippen LogP contribution in [-0.4, -0.2) is 37.0 Å². The third-order valence-electron chi connectivity index (χ3n) is 1.92. The summed E-state index contributed by atoms with van der Waals surface area (Å²) in [5, 5.41) is 7.98. The average Bonchev–Trinajstić information content (AvgIpc) is 2.32. The van der Waals surface area contributed by atoms with E-state index in [1.165, 1.54) is 0 Å². The van der Waals surface area contributed by atoms with Crippen molar-refractivity contribution in [3.63, 3.8) is 0 Å². The van der Waals surface area contributed by atoms with Gasteiger partial charge in [-0.05, 0) is 19.3 Å². The summed E-state index contributed by atoms with van der Waals surface area (Å²) in [7, 11) is 0. The van der Waals surface area contributed by atoms with Gasteiger partial charge in [-0.3, -0.25) is 14.8 Å². The molecule has 0 aliphatic rings. The van der Waals surface area contributed by atoms with Gasteiger partial charge in [-0.25, -0.2) is 4.89 Å². The summed E-state index contributed by atoms with van der Waals surface area (Å²) >= 11 is 0. The highest BCUT2D eigenvalue weighted by molar-refractivity contribution is 5.70. The van der Waals surface area contributed by atoms with E-state index >= 15 is 0 Å². The molecule has 0 aliphatic carbocycles. The number of hydrogen-bond donors (Lipinski definition) is 1. The zero-order chi connectivity index (χ0) is 12.9. The molecule has 0 heterocycles. The fraction of sp³-hybridized carbons (Fsp3) is 0.818. The maximum Gasteiger partial charge on any atom is 0.305 e. The van der Waals surface area contributed by atoms with Crippen LogP contribution in [0.2, 0.25) is 0 Å². The number of carbonyl (C=O) groups excluding carboxylic acids is 2. The van der Waals surface area contributed by atoms with Gasteiger partial charge < -0.3 is 9.47 Å². The molecule has 0 aromatic heterocycles. The van der Waals surface area contributed by atoms with E-state index in [-0.39, 0.29) is 31.6 Å². The highest BCUT2D eigenvalue weighted by Gasteiger charge is 2.05. The third kappa shape index (κ3) is 11.1. The van der Waals surface area contributed by atoms with Crippen molar-refractivity contribution in [3.8, 4) is 0 Å². The summed E-state index contributed by atoms with van der Waals surface area (Å²) in [5.41, 5.74) is 0. The first-order valence-corrected chi connectivity index (χ1v) is 5.78. The van der Waals surface area contributed by atoms with Crippen LogP contribution < -0.4 is 0 Å². The lowest BCUT2D eigenvalue weighted by molar-refractivity contribution is -0.248. The van der Waals surface area contributed by atoms with Crippen LogP contribution in [-0.2, 0) is 24.0 Å². The van der Waals surface area contributed by atoms with Gasteiger partial charge in [0.1, 0.15) is 13.2 Å². The molecule has 0 spiro atoms. The van der Waals surface area contributed by atoms with E-state index in [2.05, 4.69) is 4.89 Å². The van der Waals surface area contributed by atoms with Crippen LogP contribution in [0, 0.1) is 0 Å². The predicted molar refractivity (Wildman–Crippen MR) is 59.3 cm³/mol. The number of ether oxygens (including phenoxy) is 2. The molecular formula is C11H20O6. The van der Waals surface area contributed by atoms with E-state index in [0.29, 0.717) is 25.9 Å². The second-order valence-electron chi connectivity index (χ2n) is 3.48. The molecule has 6 nitrogen and oxygen atoms in total. The van der Waals surface area contributed by atoms with Crippen LogP contribution in [0.3, 0.4) is 0 Å². The van der Waals surface area contributed by atoms with Crippen molar-refractivity contribution in [2.75, 3.05) is 19.8 Å². The second kappa shape index (κ2) is 11.3. The molecule has 0 aromatic rings. The molecular weight excluding hydrogens is 228 g/mol. The van der Waals surface area contributed by atoms with Crippen LogP contribution in [0.25, 0.3) is 0 Å². The SMILES string of the molecule is CCCOC(=O)CCCCC(=O)OCCOO. The maximum absolute atomic E-state index is 11.1. The van der Waals surface area contributed by atoms with Crippen molar-refractivity contribution in [1.82, 2.24) is 0 Å². The summed E-state index contributed by atoms with van der Waals surface area (Å²) in [6.45, 7) is 2.38. The molecule has 0 unspecified atom stereocenters. The zero-order valence-electron chi connectivity index (χ0n) is 10.1. The van der Waals surface area contributed by atoms with E-state index in [4.69, 9.17) is 14.7 Å². The molecule has 100 valence electrons. The fourth-order valence-corrected chi connectivity index (χ4v) is 1.09. The van der Waals surface area contributed by atoms with Crippen molar-refractivity contribution >= 4 is 11.9 Å². The number of rotatable bonds is 10. The van der Waals surface area contributed by atoms with Crippen molar-refractivity contribution in [2.24, 2.45) is 0 Å². The van der Waals surface area contributed by atoms with Crippen LogP contribution in [0.1, 0.15) is 39.0 Å². The van der Waals surface area contributed by atoms with Gasteiger partial charge in [0.15, 0.2) is 0 Å². The van der Waals surface area contributed by atoms with Crippen LogP contribution in [0.15, 0.2) is 0 Å². The lowest BCUT2D eigenvalue weighted by Crippen LogP contribution is -2.10. The molecule has 0 rings (SSSR count). The molecule has 1 N–H and O–H groups in total. The Morgan fingerprint density at radius 1 is 0.941 bits per heavy atom. The van der Waals surface area contributed by atoms with Gasteiger partial charge in [0.25, 0.3) is 0 Å². The fourth-order valence-electron chi connectivity index (χ4n) is 1.09. The van der Waals surface area contributed by atoms with Gasteiger partial charge in [-0.15, -0.1) is 0 Å². The monoisotopic (exact) mass is 248 g/mol. The Morgan fingerprint density at radius 2 is 1.47 bits per heavy atom. The van der Waals surface area contributed by atoms with Gasteiger partial charge in [-0.2, -0.15) is 0 Å². The van der Waals surface area contributed by atoms with E-state index in [9.17, 15) is 9.59 Å². The number of unbranched alkanes of at least 4 members (excludes halogenated alkanes) is 1. The minimum absolute atomic E-state index is 0.0327. The van der Waals surface area contributed by atoms with Crippen molar-refractivity contribution in [1.29, 1.82) is 0 Å². The molecule has 0 bridgehead atoms. The normalized spacial score (nSPS) is 10.0. The van der Waals surface area contributed by atoms with Gasteiger partial charge in [0.05, 0.1) is 6.61 Å². The molecule has 0 amide bonds. The lowest BCUT2D eigenvalue weighted by atomic mass is 10.2. The van der Waals surface area contributed by atoms with Crippen molar-refractivity contribution in [3.05, 3.63) is 0 Å². The second-order valence-corrected chi connectivity index (χ2v) is 3.48. The van der Waals surface area contributed by atoms with E-state index < -0.39 is 0 Å². The first kappa shape index (κ1) is 15.9. The maximum atomic E-state index is 11.1. The molecule has 17 heavy (non-hydrogen) atoms. The lowest BCUT2D eigenvalue weighted by Gasteiger charge is -2.04. The summed E-state index contributed by atoms with van der Waals surface area (Å²) in [6, 6.07) is 0. The highest BCUT2D eigenvalue weighted by Crippen LogP contribution is 2.03. The standard InChI is InChI=1S/C11H20O6/c1-2-7-15-10(12)5-3-4-6-11(13)16-8-9-17-14/h14H,2-9H2,1H3. The van der Waals surface area contributed by atoms with Crippen LogP contribution in [0.4, 0.5) is 0 Å². The number of esters is 2. The molecule has 0 saturated heterocycles. The Bertz CT molecular complexity index is 216. The van der Waals surface area contributed by atoms with Gasteiger partial charge in [0.2, 0.25) is 0 Å². The Kier molecular flexibility index (Phi) is 10.6. The zero-order valence-corrected chi connectivity index (χ0v) is 10.1. The van der Waals surface area contributed by atoms with Gasteiger partial charge in [0, 0.05) is 12.8 Å². The third-order valence-corrected chi connectivity index (χ3v) is 1.92. The molecule has 0 atom stereocenters. The van der Waals surface area contributed by atoms with Gasteiger partial charge in [-0.1, -0.05) is 6.92 Å². The van der Waals surface area contributed by atoms with Crippen LogP contribution in [0.5, 0.6) is 0 Å². The Morgan fingerprint density at radius 3 is 1.94 bits per heavy atom. The molecule has 0 aromatic carbocycles. The molecule has 6 heteroatoms. The van der Waals surface area contributed by atoms with E-state index in [1.807, 2.05) is 6.92 Å². The number of carbonyl (C=O) groups is 2. The van der Waals surface area contributed by atoms with E-state index in [1.54, 1.807) is 0 Å². The van der Waals surface area contributed by atoms with E-state index in [0.717, 1.165) is 6.42 Å². The molecule has 0 fully saturated rings. The molecule has 0 radical (unpaired) electrons. The van der Waals surface area contributed by atoms with Crippen molar-refractivity contribution < 1.29 is 29.2 Å². The summed E-state index contributed by atoms with van der Waals surface area (Å²) in [6.07, 6.45) is 2.58. The summed E-state index contributed by atoms with van der Waals surface area (Å²) in [5.74, 6) is -0.585. The quantitative estimate of drug-likeness (QED) is 0.273. The molecule has 0 aliphatic heterocycles. The Labute approximate surface area is 101 Å². The Hall–Kier alpha value is -1.14. The first-order chi connectivity index (χ1) is 8.20. The Balaban J connectivity index is 3.32. The minimum Gasteiger partial charge on any atom is -0.466 e. The van der Waals surface area contributed by atoms with Crippen molar-refractivity contribution in [2.45, 2.75) is 39.0 Å². The first-order valence-electron chi connectivity index (χ1n) is 5.78. The minimum atomic E-state index is -0.357. The summed E-state index contributed by atoms with van der Waals surface area (Å²) in [4.78, 5) is 25.9. The number of hydrogen-bond acceptors (Lipinski definition) is 6. The smallest absolute Gasteiger partial charge is 0.305 e. The molecule has 0 saturated carbocycles. The summed E-state index contributed by atoms with van der Waals surface area (Å²) < 4.78 is 9.59. The van der Waals surface area contributed by atoms with Crippen LogP contribution >= 0.6 is 0 Å². The highest BCUT2D eigenvalue weighted by atomic mass is 17.1. The largest absolute Gasteiger partial charge is 0.466 e.